The van der Waals surface area contributed by atoms with Crippen LogP contribution in [-0.2, 0) is 13.6 Å². The first-order chi connectivity index (χ1) is 10.7. The molecule has 1 N–H and O–H groups in total. The topological polar surface area (TPSA) is 72.7 Å². The molecule has 6 nitrogen and oxygen atoms in total. The third-order valence-corrected chi connectivity index (χ3v) is 3.30. The van der Waals surface area contributed by atoms with E-state index in [2.05, 4.69) is 20.8 Å². The Kier molecular flexibility index (Phi) is 3.91. The molecule has 0 saturated heterocycles. The quantitative estimate of drug-likeness (QED) is 0.796. The predicted molar refractivity (Wildman–Crippen MR) is 81.8 cm³/mol. The Morgan fingerprint density at radius 3 is 2.68 bits per heavy atom. The maximum atomic E-state index is 12.3. The van der Waals surface area contributed by atoms with Crippen molar-refractivity contribution in [1.29, 1.82) is 0 Å². The second-order valence-corrected chi connectivity index (χ2v) is 4.88. The zero-order chi connectivity index (χ0) is 15.4. The smallest absolute Gasteiger partial charge is 0.251 e. The number of tetrazole rings is 1. The highest BCUT2D eigenvalue weighted by Gasteiger charge is 2.10. The average Bonchev–Trinajstić information content (AvgIpc) is 3.00. The van der Waals surface area contributed by atoms with Crippen molar-refractivity contribution in [3.05, 3.63) is 65.7 Å². The van der Waals surface area contributed by atoms with E-state index >= 15 is 0 Å². The molecule has 3 aromatic rings. The number of carbonyl (C=O) groups is 1. The lowest BCUT2D eigenvalue weighted by Crippen LogP contribution is -2.22. The Morgan fingerprint density at radius 1 is 1.14 bits per heavy atom. The molecular weight excluding hydrogens is 278 g/mol. The van der Waals surface area contributed by atoms with Gasteiger partial charge in [-0.15, -0.1) is 5.10 Å². The first-order valence-electron chi connectivity index (χ1n) is 6.89. The van der Waals surface area contributed by atoms with Crippen LogP contribution >= 0.6 is 0 Å². The summed E-state index contributed by atoms with van der Waals surface area (Å²) < 4.78 is 1.57. The minimum atomic E-state index is -0.124. The molecule has 3 rings (SSSR count). The molecule has 0 atom stereocenters. The van der Waals surface area contributed by atoms with Gasteiger partial charge in [-0.1, -0.05) is 42.5 Å². The van der Waals surface area contributed by atoms with Gasteiger partial charge in [0.25, 0.3) is 5.91 Å². The molecule has 0 aliphatic carbocycles. The summed E-state index contributed by atoms with van der Waals surface area (Å²) in [4.78, 5) is 12.3. The molecule has 0 fully saturated rings. The Bertz CT molecular complexity index is 782. The summed E-state index contributed by atoms with van der Waals surface area (Å²) in [6.45, 7) is 0.495. The molecule has 0 aliphatic rings. The van der Waals surface area contributed by atoms with Gasteiger partial charge in [0.05, 0.1) is 0 Å². The molecule has 0 aliphatic heterocycles. The van der Waals surface area contributed by atoms with Crippen molar-refractivity contribution in [1.82, 2.24) is 25.5 Å². The van der Waals surface area contributed by atoms with Crippen LogP contribution in [0.4, 0.5) is 0 Å². The molecule has 1 heterocycles. The van der Waals surface area contributed by atoms with Crippen LogP contribution in [-0.4, -0.2) is 26.1 Å². The van der Waals surface area contributed by atoms with E-state index in [1.165, 1.54) is 0 Å². The number of hydrogen-bond donors (Lipinski definition) is 1. The monoisotopic (exact) mass is 293 g/mol. The molecule has 110 valence electrons. The summed E-state index contributed by atoms with van der Waals surface area (Å²) in [5, 5.41) is 14.3. The molecule has 2 aromatic carbocycles. The van der Waals surface area contributed by atoms with Gasteiger partial charge in [-0.2, -0.15) is 0 Å². The van der Waals surface area contributed by atoms with E-state index in [4.69, 9.17) is 0 Å². The highest BCUT2D eigenvalue weighted by Crippen LogP contribution is 2.16. The van der Waals surface area contributed by atoms with Crippen molar-refractivity contribution in [3.8, 4) is 11.4 Å². The lowest BCUT2D eigenvalue weighted by atomic mass is 10.1. The number of aromatic nitrogens is 4. The van der Waals surface area contributed by atoms with Gasteiger partial charge in [0, 0.05) is 24.7 Å². The van der Waals surface area contributed by atoms with Crippen molar-refractivity contribution >= 4 is 5.91 Å². The first-order valence-corrected chi connectivity index (χ1v) is 6.89. The summed E-state index contributed by atoms with van der Waals surface area (Å²) in [7, 11) is 1.76. The lowest BCUT2D eigenvalue weighted by molar-refractivity contribution is 0.0951. The fourth-order valence-corrected chi connectivity index (χ4v) is 2.15. The van der Waals surface area contributed by atoms with Gasteiger partial charge in [-0.05, 0) is 28.1 Å². The number of benzene rings is 2. The second-order valence-electron chi connectivity index (χ2n) is 4.88. The summed E-state index contributed by atoms with van der Waals surface area (Å²) >= 11 is 0. The van der Waals surface area contributed by atoms with E-state index in [9.17, 15) is 4.79 Å². The van der Waals surface area contributed by atoms with Crippen LogP contribution in [0, 0.1) is 0 Å². The zero-order valence-electron chi connectivity index (χ0n) is 12.1. The van der Waals surface area contributed by atoms with Crippen LogP contribution in [0.5, 0.6) is 0 Å². The molecule has 1 amide bonds. The van der Waals surface area contributed by atoms with E-state index < -0.39 is 0 Å². The number of hydrogen-bond acceptors (Lipinski definition) is 4. The number of carbonyl (C=O) groups excluding carboxylic acids is 1. The van der Waals surface area contributed by atoms with Gasteiger partial charge in [0.1, 0.15) is 0 Å². The van der Waals surface area contributed by atoms with Crippen LogP contribution in [0.15, 0.2) is 54.6 Å². The molecular formula is C16H15N5O. The molecule has 0 unspecified atom stereocenters. The molecule has 1 aromatic heterocycles. The number of amides is 1. The van der Waals surface area contributed by atoms with Crippen LogP contribution in [0.2, 0.25) is 0 Å². The van der Waals surface area contributed by atoms with Crippen molar-refractivity contribution in [3.63, 3.8) is 0 Å². The largest absolute Gasteiger partial charge is 0.348 e. The van der Waals surface area contributed by atoms with Gasteiger partial charge >= 0.3 is 0 Å². The highest BCUT2D eigenvalue weighted by atomic mass is 16.1. The molecule has 22 heavy (non-hydrogen) atoms. The summed E-state index contributed by atoms with van der Waals surface area (Å²) in [5.74, 6) is 0.499. The first kappa shape index (κ1) is 13.9. The molecule has 6 heteroatoms. The molecule has 0 spiro atoms. The van der Waals surface area contributed by atoms with Crippen molar-refractivity contribution in [2.45, 2.75) is 6.54 Å². The minimum absolute atomic E-state index is 0.124. The van der Waals surface area contributed by atoms with Crippen LogP contribution < -0.4 is 5.32 Å². The standard InChI is InChI=1S/C16H15N5O/c1-21-15(18-19-20-21)13-8-5-9-14(10-13)16(22)17-11-12-6-3-2-4-7-12/h2-10H,11H2,1H3,(H,17,22). The summed E-state index contributed by atoms with van der Waals surface area (Å²) in [6.07, 6.45) is 0. The van der Waals surface area contributed by atoms with E-state index in [0.717, 1.165) is 11.1 Å². The van der Waals surface area contributed by atoms with E-state index in [1.54, 1.807) is 23.9 Å². The Hall–Kier alpha value is -3.02. The van der Waals surface area contributed by atoms with Gasteiger partial charge < -0.3 is 5.32 Å². The van der Waals surface area contributed by atoms with Gasteiger partial charge in [0.15, 0.2) is 5.82 Å². The maximum absolute atomic E-state index is 12.3. The average molecular weight is 293 g/mol. The number of nitrogens with zero attached hydrogens (tertiary/aromatic N) is 4. The van der Waals surface area contributed by atoms with Gasteiger partial charge in [-0.3, -0.25) is 4.79 Å². The van der Waals surface area contributed by atoms with Crippen LogP contribution in [0.1, 0.15) is 15.9 Å². The summed E-state index contributed by atoms with van der Waals surface area (Å²) in [5.41, 5.74) is 2.45. The number of rotatable bonds is 4. The van der Waals surface area contributed by atoms with Crippen LogP contribution in [0.3, 0.4) is 0 Å². The Balaban J connectivity index is 1.75. The van der Waals surface area contributed by atoms with E-state index in [1.807, 2.05) is 42.5 Å². The maximum Gasteiger partial charge on any atom is 0.251 e. The van der Waals surface area contributed by atoms with Crippen molar-refractivity contribution in [2.24, 2.45) is 7.05 Å². The lowest BCUT2D eigenvalue weighted by Gasteiger charge is -2.06. The Labute approximate surface area is 127 Å². The third-order valence-electron chi connectivity index (χ3n) is 3.30. The third kappa shape index (κ3) is 3.01. The number of aryl methyl sites for hydroxylation is 1. The highest BCUT2D eigenvalue weighted by molar-refractivity contribution is 5.95. The van der Waals surface area contributed by atoms with Crippen molar-refractivity contribution in [2.75, 3.05) is 0 Å². The predicted octanol–water partition coefficient (Wildman–Crippen LogP) is 1.81. The van der Waals surface area contributed by atoms with Gasteiger partial charge in [-0.25, -0.2) is 4.68 Å². The second kappa shape index (κ2) is 6.17. The Morgan fingerprint density at radius 2 is 1.95 bits per heavy atom. The summed E-state index contributed by atoms with van der Waals surface area (Å²) in [6, 6.07) is 17.0. The van der Waals surface area contributed by atoms with E-state index in [-0.39, 0.29) is 5.91 Å². The van der Waals surface area contributed by atoms with E-state index in [0.29, 0.717) is 17.9 Å². The normalized spacial score (nSPS) is 10.4. The van der Waals surface area contributed by atoms with Crippen LogP contribution in [0.25, 0.3) is 11.4 Å². The fourth-order valence-electron chi connectivity index (χ4n) is 2.15. The molecule has 0 radical (unpaired) electrons. The van der Waals surface area contributed by atoms with Crippen molar-refractivity contribution < 1.29 is 4.79 Å². The van der Waals surface area contributed by atoms with Gasteiger partial charge in [0.2, 0.25) is 0 Å². The SMILES string of the molecule is Cn1nnnc1-c1cccc(C(=O)NCc2ccccc2)c1. The molecule has 0 bridgehead atoms. The number of nitrogens with one attached hydrogen (secondary N) is 1. The fraction of sp³-hybridized carbons (Fsp3) is 0.125. The molecule has 0 saturated carbocycles. The minimum Gasteiger partial charge on any atom is -0.348 e. The zero-order valence-corrected chi connectivity index (χ0v) is 12.1.